The van der Waals surface area contributed by atoms with Crippen LogP contribution in [0.25, 0.3) is 75.5 Å². The van der Waals surface area contributed by atoms with Crippen LogP contribution in [-0.4, -0.2) is 0 Å². The van der Waals surface area contributed by atoms with Gasteiger partial charge in [0.15, 0.2) is 0 Å². The summed E-state index contributed by atoms with van der Waals surface area (Å²) >= 11 is 8.71. The Bertz CT molecular complexity index is 2120. The highest BCUT2D eigenvalue weighted by Gasteiger charge is 2.24. The second kappa shape index (κ2) is 8.04. The third-order valence-corrected chi connectivity index (χ3v) is 9.18. The van der Waals surface area contributed by atoms with Crippen molar-refractivity contribution in [2.24, 2.45) is 0 Å². The topological polar surface area (TPSA) is 23.8 Å². The number of hydrogen-bond donors (Lipinski definition) is 0. The minimum atomic E-state index is 0.677. The van der Waals surface area contributed by atoms with Crippen molar-refractivity contribution in [2.75, 3.05) is 0 Å². The van der Waals surface area contributed by atoms with Crippen LogP contribution in [0.1, 0.15) is 5.56 Å². The second-order valence-electron chi connectivity index (χ2n) is 9.76. The molecular formula is C35H18ClNS. The van der Waals surface area contributed by atoms with Crippen LogP contribution in [0.2, 0.25) is 5.02 Å². The van der Waals surface area contributed by atoms with Gasteiger partial charge in [0, 0.05) is 30.6 Å². The Morgan fingerprint density at radius 3 is 1.79 bits per heavy atom. The fourth-order valence-electron chi connectivity index (χ4n) is 5.96. The molecule has 1 aliphatic rings. The van der Waals surface area contributed by atoms with Gasteiger partial charge in [-0.2, -0.15) is 5.26 Å². The standard InChI is InChI=1S/C35H18ClNS/c36-31-16-15-30-26-4-2-1-3-25(26)29-14-13-24(35(31)34(29)30)23-10-12-28-27-11-9-22(17-32(27)38-33(28)18-23)21-7-5-20(19-37)6-8-21/h1-18H. The number of halogens is 1. The smallest absolute Gasteiger partial charge is 0.0991 e. The van der Waals surface area contributed by atoms with Crippen LogP contribution in [0.15, 0.2) is 109 Å². The summed E-state index contributed by atoms with van der Waals surface area (Å²) in [4.78, 5) is 0. The number of hydrogen-bond acceptors (Lipinski definition) is 2. The van der Waals surface area contributed by atoms with Crippen LogP contribution in [0.4, 0.5) is 0 Å². The maximum absolute atomic E-state index is 9.11. The highest BCUT2D eigenvalue weighted by molar-refractivity contribution is 7.25. The van der Waals surface area contributed by atoms with Gasteiger partial charge < -0.3 is 0 Å². The summed E-state index contributed by atoms with van der Waals surface area (Å²) in [6.45, 7) is 0. The Kier molecular flexibility index (Phi) is 4.58. The lowest BCUT2D eigenvalue weighted by molar-refractivity contribution is 1.48. The van der Waals surface area contributed by atoms with Crippen LogP contribution < -0.4 is 0 Å². The molecule has 0 atom stereocenters. The van der Waals surface area contributed by atoms with Gasteiger partial charge in [-0.1, -0.05) is 90.5 Å². The van der Waals surface area contributed by atoms with E-state index in [2.05, 4.69) is 84.9 Å². The van der Waals surface area contributed by atoms with Crippen molar-refractivity contribution < 1.29 is 0 Å². The third-order valence-electron chi connectivity index (χ3n) is 7.75. The van der Waals surface area contributed by atoms with Gasteiger partial charge in [0.1, 0.15) is 0 Å². The van der Waals surface area contributed by atoms with E-state index in [4.69, 9.17) is 16.9 Å². The number of thiophene rings is 1. The van der Waals surface area contributed by atoms with E-state index >= 15 is 0 Å². The summed E-state index contributed by atoms with van der Waals surface area (Å²) in [5.41, 5.74) is 10.4. The van der Waals surface area contributed by atoms with Crippen LogP contribution in [0.5, 0.6) is 0 Å². The first-order valence-electron chi connectivity index (χ1n) is 12.5. The molecule has 0 radical (unpaired) electrons. The summed E-state index contributed by atoms with van der Waals surface area (Å²) in [6, 6.07) is 40.7. The first-order valence-corrected chi connectivity index (χ1v) is 13.7. The fourth-order valence-corrected chi connectivity index (χ4v) is 7.40. The molecule has 176 valence electrons. The van der Waals surface area contributed by atoms with Crippen molar-refractivity contribution in [1.29, 1.82) is 5.26 Å². The highest BCUT2D eigenvalue weighted by atomic mass is 35.5. The fraction of sp³-hybridized carbons (Fsp3) is 0. The zero-order chi connectivity index (χ0) is 25.4. The summed E-state index contributed by atoms with van der Waals surface area (Å²) in [7, 11) is 0. The minimum Gasteiger partial charge on any atom is -0.192 e. The first-order chi connectivity index (χ1) is 18.7. The van der Waals surface area contributed by atoms with Crippen LogP contribution in [0.3, 0.4) is 0 Å². The molecular weight excluding hydrogens is 502 g/mol. The van der Waals surface area contributed by atoms with Gasteiger partial charge in [0.05, 0.1) is 11.6 Å². The predicted octanol–water partition coefficient (Wildman–Crippen LogP) is 10.7. The van der Waals surface area contributed by atoms with Crippen molar-refractivity contribution in [3.63, 3.8) is 0 Å². The monoisotopic (exact) mass is 519 g/mol. The molecule has 8 rings (SSSR count). The molecule has 1 nitrogen and oxygen atoms in total. The lowest BCUT2D eigenvalue weighted by Crippen LogP contribution is -1.85. The SMILES string of the molecule is N#Cc1ccc(-c2ccc3c(c2)sc2cc(-c4ccc5c6c(ccc(Cl)c46)-c4ccccc4-5)ccc23)cc1. The van der Waals surface area contributed by atoms with E-state index in [0.29, 0.717) is 5.56 Å². The van der Waals surface area contributed by atoms with E-state index in [9.17, 15) is 0 Å². The minimum absolute atomic E-state index is 0.677. The normalized spacial score (nSPS) is 11.8. The van der Waals surface area contributed by atoms with Crippen LogP contribution in [-0.2, 0) is 0 Å². The molecule has 1 heterocycles. The zero-order valence-corrected chi connectivity index (χ0v) is 21.7. The number of nitrogens with zero attached hydrogens (tertiary/aromatic N) is 1. The van der Waals surface area contributed by atoms with Gasteiger partial charge in [0.25, 0.3) is 0 Å². The van der Waals surface area contributed by atoms with Crippen molar-refractivity contribution in [2.45, 2.75) is 0 Å². The lowest BCUT2D eigenvalue weighted by atomic mass is 9.94. The Balaban J connectivity index is 1.29. The predicted molar refractivity (Wildman–Crippen MR) is 162 cm³/mol. The van der Waals surface area contributed by atoms with E-state index < -0.39 is 0 Å². The molecule has 0 spiro atoms. The average Bonchev–Trinajstić information content (AvgIpc) is 3.50. The van der Waals surface area contributed by atoms with Crippen LogP contribution >= 0.6 is 22.9 Å². The Labute approximate surface area is 228 Å². The molecule has 0 saturated carbocycles. The van der Waals surface area contributed by atoms with Gasteiger partial charge in [-0.25, -0.2) is 0 Å². The molecule has 6 aromatic carbocycles. The van der Waals surface area contributed by atoms with E-state index in [0.717, 1.165) is 21.5 Å². The molecule has 1 aromatic heterocycles. The number of fused-ring (bicyclic) bond motifs is 6. The molecule has 0 saturated heterocycles. The van der Waals surface area contributed by atoms with Gasteiger partial charge in [0.2, 0.25) is 0 Å². The summed E-state index contributed by atoms with van der Waals surface area (Å²) < 4.78 is 2.52. The van der Waals surface area contributed by atoms with Crippen LogP contribution in [0, 0.1) is 11.3 Å². The van der Waals surface area contributed by atoms with Gasteiger partial charge in [-0.3, -0.25) is 0 Å². The summed E-state index contributed by atoms with van der Waals surface area (Å²) in [5, 5.41) is 14.8. The molecule has 0 fully saturated rings. The number of benzene rings is 6. The maximum atomic E-state index is 9.11. The van der Waals surface area contributed by atoms with Gasteiger partial charge in [-0.15, -0.1) is 11.3 Å². The molecule has 0 unspecified atom stereocenters. The Hall–Kier alpha value is -4.42. The van der Waals surface area contributed by atoms with Crippen molar-refractivity contribution >= 4 is 53.9 Å². The Morgan fingerprint density at radius 2 is 1.11 bits per heavy atom. The summed E-state index contributed by atoms with van der Waals surface area (Å²) in [6.07, 6.45) is 0. The van der Waals surface area contributed by atoms with E-state index in [1.54, 1.807) is 0 Å². The molecule has 7 aromatic rings. The quantitative estimate of drug-likeness (QED) is 0.223. The van der Waals surface area contributed by atoms with Gasteiger partial charge >= 0.3 is 0 Å². The average molecular weight is 520 g/mol. The Morgan fingerprint density at radius 1 is 0.526 bits per heavy atom. The number of rotatable bonds is 2. The highest BCUT2D eigenvalue weighted by Crippen LogP contribution is 2.51. The lowest BCUT2D eigenvalue weighted by Gasteiger charge is -2.11. The zero-order valence-electron chi connectivity index (χ0n) is 20.1. The molecule has 0 bridgehead atoms. The molecule has 38 heavy (non-hydrogen) atoms. The molecule has 1 aliphatic carbocycles. The van der Waals surface area contributed by atoms with Crippen molar-refractivity contribution in [3.05, 3.63) is 120 Å². The molecule has 0 aliphatic heterocycles. The third kappa shape index (κ3) is 3.04. The molecule has 0 amide bonds. The molecule has 3 heteroatoms. The maximum Gasteiger partial charge on any atom is 0.0991 e. The number of nitriles is 1. The largest absolute Gasteiger partial charge is 0.192 e. The van der Waals surface area contributed by atoms with Crippen molar-refractivity contribution in [3.8, 4) is 50.6 Å². The van der Waals surface area contributed by atoms with E-state index in [1.165, 1.54) is 58.9 Å². The summed E-state index contributed by atoms with van der Waals surface area (Å²) in [5.74, 6) is 0. The van der Waals surface area contributed by atoms with Gasteiger partial charge in [-0.05, 0) is 80.2 Å². The van der Waals surface area contributed by atoms with E-state index in [1.807, 2.05) is 41.7 Å². The second-order valence-corrected chi connectivity index (χ2v) is 11.3. The first kappa shape index (κ1) is 21.6. The molecule has 0 N–H and O–H groups in total. The van der Waals surface area contributed by atoms with Crippen molar-refractivity contribution in [1.82, 2.24) is 0 Å². The van der Waals surface area contributed by atoms with E-state index in [-0.39, 0.29) is 0 Å².